The van der Waals surface area contributed by atoms with E-state index in [0.717, 1.165) is 17.1 Å². The van der Waals surface area contributed by atoms with Crippen LogP contribution < -0.4 is 5.32 Å². The van der Waals surface area contributed by atoms with Gasteiger partial charge in [0, 0.05) is 11.6 Å². The van der Waals surface area contributed by atoms with Gasteiger partial charge in [-0.15, -0.1) is 0 Å². The molecule has 14 heavy (non-hydrogen) atoms. The Morgan fingerprint density at radius 2 is 2.29 bits per heavy atom. The van der Waals surface area contributed by atoms with Crippen molar-refractivity contribution >= 4 is 5.97 Å². The van der Waals surface area contributed by atoms with E-state index < -0.39 is 5.97 Å². The monoisotopic (exact) mass is 197 g/mol. The smallest absolute Gasteiger partial charge is 0.317 e. The minimum atomic E-state index is -0.852. The van der Waals surface area contributed by atoms with Gasteiger partial charge < -0.3 is 14.8 Å². The van der Waals surface area contributed by atoms with Crippen LogP contribution in [0.1, 0.15) is 30.0 Å². The van der Waals surface area contributed by atoms with Gasteiger partial charge in [-0.05, 0) is 26.8 Å². The molecule has 0 saturated carbocycles. The second-order valence-corrected chi connectivity index (χ2v) is 3.36. The van der Waals surface area contributed by atoms with Crippen molar-refractivity contribution in [2.24, 2.45) is 0 Å². The third-order valence-corrected chi connectivity index (χ3v) is 2.11. The van der Waals surface area contributed by atoms with Gasteiger partial charge in [0.05, 0.1) is 6.54 Å². The number of nitrogens with one attached hydrogen (secondary N) is 1. The van der Waals surface area contributed by atoms with E-state index in [9.17, 15) is 4.79 Å². The van der Waals surface area contributed by atoms with E-state index in [2.05, 4.69) is 5.32 Å². The third kappa shape index (κ3) is 2.60. The largest absolute Gasteiger partial charge is 0.480 e. The number of aryl methyl sites for hydroxylation is 2. The highest BCUT2D eigenvalue weighted by atomic mass is 16.4. The zero-order valence-corrected chi connectivity index (χ0v) is 8.63. The first kappa shape index (κ1) is 10.8. The summed E-state index contributed by atoms with van der Waals surface area (Å²) in [6.07, 6.45) is 0. The fourth-order valence-corrected chi connectivity index (χ4v) is 1.43. The van der Waals surface area contributed by atoms with Crippen molar-refractivity contribution in [3.63, 3.8) is 0 Å². The first-order chi connectivity index (χ1) is 6.50. The van der Waals surface area contributed by atoms with Crippen LogP contribution in [0.15, 0.2) is 10.5 Å². The SMILES string of the molecule is Cc1cc(C(C)NCC(=O)O)c(C)o1. The fraction of sp³-hybridized carbons (Fsp3) is 0.500. The maximum absolute atomic E-state index is 10.3. The zero-order chi connectivity index (χ0) is 10.7. The molecule has 0 bridgehead atoms. The molecule has 1 aromatic rings. The van der Waals surface area contributed by atoms with E-state index in [-0.39, 0.29) is 12.6 Å². The number of carboxylic acid groups (broad SMARTS) is 1. The topological polar surface area (TPSA) is 62.5 Å². The Labute approximate surface area is 82.9 Å². The van der Waals surface area contributed by atoms with E-state index >= 15 is 0 Å². The van der Waals surface area contributed by atoms with Gasteiger partial charge in [0.1, 0.15) is 11.5 Å². The Hall–Kier alpha value is -1.29. The average molecular weight is 197 g/mol. The van der Waals surface area contributed by atoms with Crippen LogP contribution in [0.5, 0.6) is 0 Å². The summed E-state index contributed by atoms with van der Waals surface area (Å²) < 4.78 is 5.36. The van der Waals surface area contributed by atoms with Crippen molar-refractivity contribution < 1.29 is 14.3 Å². The van der Waals surface area contributed by atoms with Crippen molar-refractivity contribution in [1.29, 1.82) is 0 Å². The molecule has 0 amide bonds. The van der Waals surface area contributed by atoms with Gasteiger partial charge in [-0.1, -0.05) is 0 Å². The molecular formula is C10H15NO3. The number of furan rings is 1. The first-order valence-corrected chi connectivity index (χ1v) is 4.53. The maximum atomic E-state index is 10.3. The lowest BCUT2D eigenvalue weighted by atomic mass is 10.1. The molecule has 0 aliphatic heterocycles. The van der Waals surface area contributed by atoms with E-state index in [1.165, 1.54) is 0 Å². The summed E-state index contributed by atoms with van der Waals surface area (Å²) in [7, 11) is 0. The van der Waals surface area contributed by atoms with Crippen LogP contribution in [0, 0.1) is 13.8 Å². The normalized spacial score (nSPS) is 12.8. The Morgan fingerprint density at radius 3 is 2.71 bits per heavy atom. The van der Waals surface area contributed by atoms with Crippen LogP contribution in [0.4, 0.5) is 0 Å². The lowest BCUT2D eigenvalue weighted by Gasteiger charge is -2.10. The molecule has 78 valence electrons. The first-order valence-electron chi connectivity index (χ1n) is 4.53. The van der Waals surface area contributed by atoms with Gasteiger partial charge in [0.2, 0.25) is 0 Å². The minimum Gasteiger partial charge on any atom is -0.480 e. The van der Waals surface area contributed by atoms with Gasteiger partial charge in [0.15, 0.2) is 0 Å². The van der Waals surface area contributed by atoms with Gasteiger partial charge in [-0.2, -0.15) is 0 Å². The molecule has 0 aromatic carbocycles. The van der Waals surface area contributed by atoms with Gasteiger partial charge in [-0.25, -0.2) is 0 Å². The van der Waals surface area contributed by atoms with Crippen molar-refractivity contribution in [2.45, 2.75) is 26.8 Å². The Balaban J connectivity index is 2.64. The molecular weight excluding hydrogens is 182 g/mol. The molecule has 0 fully saturated rings. The number of carboxylic acids is 1. The van der Waals surface area contributed by atoms with Gasteiger partial charge in [0.25, 0.3) is 0 Å². The highest BCUT2D eigenvalue weighted by Gasteiger charge is 2.12. The molecule has 0 aliphatic carbocycles. The molecule has 0 radical (unpaired) electrons. The molecule has 1 rings (SSSR count). The van der Waals surface area contributed by atoms with Crippen molar-refractivity contribution in [3.05, 3.63) is 23.2 Å². The maximum Gasteiger partial charge on any atom is 0.317 e. The molecule has 1 heterocycles. The summed E-state index contributed by atoms with van der Waals surface area (Å²) in [5, 5.41) is 11.4. The molecule has 4 nitrogen and oxygen atoms in total. The molecule has 0 spiro atoms. The Kier molecular flexibility index (Phi) is 3.30. The Bertz CT molecular complexity index is 330. The van der Waals surface area contributed by atoms with Crippen LogP contribution in [-0.4, -0.2) is 17.6 Å². The second kappa shape index (κ2) is 4.28. The van der Waals surface area contributed by atoms with Crippen molar-refractivity contribution in [2.75, 3.05) is 6.54 Å². The highest BCUT2D eigenvalue weighted by molar-refractivity contribution is 5.69. The van der Waals surface area contributed by atoms with Crippen LogP contribution in [0.25, 0.3) is 0 Å². The van der Waals surface area contributed by atoms with Crippen LogP contribution in [-0.2, 0) is 4.79 Å². The molecule has 0 saturated heterocycles. The molecule has 0 aliphatic rings. The van der Waals surface area contributed by atoms with Crippen molar-refractivity contribution in [1.82, 2.24) is 5.32 Å². The molecule has 1 unspecified atom stereocenters. The number of hydrogen-bond donors (Lipinski definition) is 2. The minimum absolute atomic E-state index is 0.00329. The highest BCUT2D eigenvalue weighted by Crippen LogP contribution is 2.20. The summed E-state index contributed by atoms with van der Waals surface area (Å²) in [6, 6.07) is 1.93. The lowest BCUT2D eigenvalue weighted by Crippen LogP contribution is -2.25. The lowest BCUT2D eigenvalue weighted by molar-refractivity contribution is -0.136. The van der Waals surface area contributed by atoms with Crippen molar-refractivity contribution in [3.8, 4) is 0 Å². The summed E-state index contributed by atoms with van der Waals surface area (Å²) in [5.41, 5.74) is 1.02. The summed E-state index contributed by atoms with van der Waals surface area (Å²) in [5.74, 6) is 0.837. The summed E-state index contributed by atoms with van der Waals surface area (Å²) >= 11 is 0. The zero-order valence-electron chi connectivity index (χ0n) is 8.63. The summed E-state index contributed by atoms with van der Waals surface area (Å²) in [4.78, 5) is 10.3. The van der Waals surface area contributed by atoms with Crippen LogP contribution in [0.2, 0.25) is 0 Å². The number of carbonyl (C=O) groups is 1. The van der Waals surface area contributed by atoms with Crippen LogP contribution >= 0.6 is 0 Å². The number of hydrogen-bond acceptors (Lipinski definition) is 3. The quantitative estimate of drug-likeness (QED) is 0.770. The fourth-order valence-electron chi connectivity index (χ4n) is 1.43. The van der Waals surface area contributed by atoms with Gasteiger partial charge in [-0.3, -0.25) is 4.79 Å². The second-order valence-electron chi connectivity index (χ2n) is 3.36. The molecule has 1 atom stereocenters. The number of aliphatic carboxylic acids is 1. The molecule has 2 N–H and O–H groups in total. The predicted molar refractivity (Wildman–Crippen MR) is 52.2 cm³/mol. The van der Waals surface area contributed by atoms with E-state index in [1.54, 1.807) is 0 Å². The average Bonchev–Trinajstić information content (AvgIpc) is 2.41. The predicted octanol–water partition coefficient (Wildman–Crippen LogP) is 1.63. The number of rotatable bonds is 4. The van der Waals surface area contributed by atoms with E-state index in [0.29, 0.717) is 0 Å². The molecule has 4 heteroatoms. The third-order valence-electron chi connectivity index (χ3n) is 2.11. The summed E-state index contributed by atoms with van der Waals surface area (Å²) in [6.45, 7) is 5.63. The standard InChI is InChI=1S/C10H15NO3/c1-6-4-9(8(3)14-6)7(2)11-5-10(12)13/h4,7,11H,5H2,1-3H3,(H,12,13). The van der Waals surface area contributed by atoms with E-state index in [4.69, 9.17) is 9.52 Å². The molecule has 1 aromatic heterocycles. The Morgan fingerprint density at radius 1 is 1.64 bits per heavy atom. The van der Waals surface area contributed by atoms with E-state index in [1.807, 2.05) is 26.8 Å². The van der Waals surface area contributed by atoms with Crippen LogP contribution in [0.3, 0.4) is 0 Å². The van der Waals surface area contributed by atoms with Gasteiger partial charge >= 0.3 is 5.97 Å².